The molecule has 0 saturated carbocycles. The minimum absolute atomic E-state index is 0.279. The second-order valence-corrected chi connectivity index (χ2v) is 5.73. The number of ether oxygens (including phenoxy) is 1. The van der Waals surface area contributed by atoms with Crippen molar-refractivity contribution >= 4 is 11.6 Å². The van der Waals surface area contributed by atoms with E-state index in [4.69, 9.17) is 16.3 Å². The summed E-state index contributed by atoms with van der Waals surface area (Å²) in [5, 5.41) is 3.80. The highest BCUT2D eigenvalue weighted by atomic mass is 35.5. The summed E-state index contributed by atoms with van der Waals surface area (Å²) in [6.45, 7) is 6.58. The first kappa shape index (κ1) is 15.8. The van der Waals surface area contributed by atoms with Gasteiger partial charge in [-0.2, -0.15) is 0 Å². The van der Waals surface area contributed by atoms with E-state index in [1.54, 1.807) is 12.1 Å². The Kier molecular flexibility index (Phi) is 5.21. The van der Waals surface area contributed by atoms with E-state index in [2.05, 4.69) is 5.32 Å². The molecule has 0 radical (unpaired) electrons. The normalized spacial score (nSPS) is 11.0. The highest BCUT2D eigenvalue weighted by molar-refractivity contribution is 6.32. The molecule has 0 atom stereocenters. The lowest BCUT2D eigenvalue weighted by molar-refractivity contribution is 0.466. The molecular weight excluding hydrogens is 289 g/mol. The van der Waals surface area contributed by atoms with Crippen LogP contribution in [0.5, 0.6) is 11.5 Å². The van der Waals surface area contributed by atoms with Gasteiger partial charge in [-0.15, -0.1) is 0 Å². The van der Waals surface area contributed by atoms with Crippen LogP contribution in [0.2, 0.25) is 5.02 Å². The monoisotopic (exact) mass is 307 g/mol. The van der Waals surface area contributed by atoms with Crippen LogP contribution in [0.4, 0.5) is 4.39 Å². The lowest BCUT2D eigenvalue weighted by atomic mass is 10.1. The summed E-state index contributed by atoms with van der Waals surface area (Å²) in [6.07, 6.45) is 0. The molecule has 2 aromatic carbocycles. The van der Waals surface area contributed by atoms with Crippen LogP contribution in [0, 0.1) is 12.7 Å². The Morgan fingerprint density at radius 3 is 2.62 bits per heavy atom. The number of hydrogen-bond donors (Lipinski definition) is 1. The van der Waals surface area contributed by atoms with Gasteiger partial charge in [0.15, 0.2) is 0 Å². The fourth-order valence-corrected chi connectivity index (χ4v) is 2.06. The van der Waals surface area contributed by atoms with E-state index in [0.717, 1.165) is 11.1 Å². The maximum atomic E-state index is 13.4. The van der Waals surface area contributed by atoms with Gasteiger partial charge in [0, 0.05) is 18.2 Å². The molecule has 2 rings (SSSR count). The van der Waals surface area contributed by atoms with E-state index in [1.165, 1.54) is 12.1 Å². The molecular formula is C17H19ClFNO. The van der Waals surface area contributed by atoms with Crippen LogP contribution in [-0.2, 0) is 6.54 Å². The predicted molar refractivity (Wildman–Crippen MR) is 84.6 cm³/mol. The van der Waals surface area contributed by atoms with Crippen LogP contribution in [0.25, 0.3) is 0 Å². The Morgan fingerprint density at radius 2 is 1.90 bits per heavy atom. The molecule has 0 saturated heterocycles. The average molecular weight is 308 g/mol. The second-order valence-electron chi connectivity index (χ2n) is 5.32. The topological polar surface area (TPSA) is 21.3 Å². The zero-order chi connectivity index (χ0) is 15.4. The Morgan fingerprint density at radius 1 is 1.14 bits per heavy atom. The maximum Gasteiger partial charge on any atom is 0.146 e. The molecule has 0 aliphatic carbocycles. The Labute approximate surface area is 129 Å². The largest absolute Gasteiger partial charge is 0.455 e. The molecule has 0 aliphatic rings. The number of benzene rings is 2. The quantitative estimate of drug-likeness (QED) is 0.832. The molecule has 1 N–H and O–H groups in total. The van der Waals surface area contributed by atoms with Crippen molar-refractivity contribution in [1.82, 2.24) is 5.32 Å². The van der Waals surface area contributed by atoms with Crippen molar-refractivity contribution in [2.75, 3.05) is 0 Å². The van der Waals surface area contributed by atoms with E-state index < -0.39 is 0 Å². The smallest absolute Gasteiger partial charge is 0.146 e. The minimum Gasteiger partial charge on any atom is -0.455 e. The lowest BCUT2D eigenvalue weighted by Crippen LogP contribution is -2.22. The number of halogens is 2. The van der Waals surface area contributed by atoms with E-state index in [0.29, 0.717) is 29.1 Å². The van der Waals surface area contributed by atoms with Gasteiger partial charge in [-0.1, -0.05) is 31.5 Å². The van der Waals surface area contributed by atoms with Crippen molar-refractivity contribution < 1.29 is 9.13 Å². The molecule has 4 heteroatoms. The molecule has 0 unspecified atom stereocenters. The fourth-order valence-electron chi connectivity index (χ4n) is 1.91. The third-order valence-corrected chi connectivity index (χ3v) is 3.34. The predicted octanol–water partition coefficient (Wildman–Crippen LogP) is 5.08. The summed E-state index contributed by atoms with van der Waals surface area (Å²) in [7, 11) is 0. The number of nitrogens with one attached hydrogen (secondary N) is 1. The lowest BCUT2D eigenvalue weighted by Gasteiger charge is -2.14. The van der Waals surface area contributed by atoms with Crippen molar-refractivity contribution in [1.29, 1.82) is 0 Å². The van der Waals surface area contributed by atoms with Crippen LogP contribution in [-0.4, -0.2) is 6.04 Å². The molecule has 0 fully saturated rings. The molecule has 0 heterocycles. The molecule has 0 amide bonds. The summed E-state index contributed by atoms with van der Waals surface area (Å²) < 4.78 is 19.3. The van der Waals surface area contributed by atoms with Crippen molar-refractivity contribution in [3.63, 3.8) is 0 Å². The van der Waals surface area contributed by atoms with Crippen molar-refractivity contribution in [3.05, 3.63) is 58.4 Å². The second kappa shape index (κ2) is 6.92. The Hall–Kier alpha value is -1.58. The molecule has 21 heavy (non-hydrogen) atoms. The third-order valence-electron chi connectivity index (χ3n) is 3.03. The SMILES string of the molecule is Cc1ccc(Cl)c(Oc2ccc(F)cc2CNC(C)C)c1. The summed E-state index contributed by atoms with van der Waals surface area (Å²) in [4.78, 5) is 0. The Bertz CT molecular complexity index is 628. The molecule has 0 spiro atoms. The van der Waals surface area contributed by atoms with Crippen LogP contribution < -0.4 is 10.1 Å². The maximum absolute atomic E-state index is 13.4. The third kappa shape index (κ3) is 4.45. The summed E-state index contributed by atoms with van der Waals surface area (Å²) in [6, 6.07) is 10.4. The summed E-state index contributed by atoms with van der Waals surface area (Å²) in [5.41, 5.74) is 1.82. The highest BCUT2D eigenvalue weighted by Crippen LogP contribution is 2.32. The van der Waals surface area contributed by atoms with E-state index in [1.807, 2.05) is 32.9 Å². The van der Waals surface area contributed by atoms with E-state index in [-0.39, 0.29) is 5.82 Å². The van der Waals surface area contributed by atoms with Crippen LogP contribution in [0.15, 0.2) is 36.4 Å². The first-order valence-corrected chi connectivity index (χ1v) is 7.29. The zero-order valence-corrected chi connectivity index (χ0v) is 13.2. The van der Waals surface area contributed by atoms with Crippen molar-refractivity contribution in [3.8, 4) is 11.5 Å². The van der Waals surface area contributed by atoms with Gasteiger partial charge >= 0.3 is 0 Å². The number of aryl methyl sites for hydroxylation is 1. The zero-order valence-electron chi connectivity index (χ0n) is 12.4. The van der Waals surface area contributed by atoms with Gasteiger partial charge in [0.2, 0.25) is 0 Å². The molecule has 0 bridgehead atoms. The van der Waals surface area contributed by atoms with Gasteiger partial charge in [-0.25, -0.2) is 4.39 Å². The Balaban J connectivity index is 2.28. The van der Waals surface area contributed by atoms with Gasteiger partial charge in [0.25, 0.3) is 0 Å². The molecule has 112 valence electrons. The van der Waals surface area contributed by atoms with Gasteiger partial charge < -0.3 is 10.1 Å². The van der Waals surface area contributed by atoms with Crippen LogP contribution >= 0.6 is 11.6 Å². The molecule has 0 aromatic heterocycles. The van der Waals surface area contributed by atoms with Crippen molar-refractivity contribution in [2.45, 2.75) is 33.4 Å². The van der Waals surface area contributed by atoms with Crippen LogP contribution in [0.1, 0.15) is 25.0 Å². The van der Waals surface area contributed by atoms with Gasteiger partial charge in [0.05, 0.1) is 5.02 Å². The van der Waals surface area contributed by atoms with E-state index >= 15 is 0 Å². The first-order valence-electron chi connectivity index (χ1n) is 6.91. The van der Waals surface area contributed by atoms with Crippen molar-refractivity contribution in [2.24, 2.45) is 0 Å². The molecule has 2 nitrogen and oxygen atoms in total. The van der Waals surface area contributed by atoms with Gasteiger partial charge in [-0.05, 0) is 42.8 Å². The fraction of sp³-hybridized carbons (Fsp3) is 0.294. The minimum atomic E-state index is -0.279. The standard InChI is InChI=1S/C17H19ClFNO/c1-11(2)20-10-13-9-14(19)5-7-16(13)21-17-8-12(3)4-6-15(17)18/h4-9,11,20H,10H2,1-3H3. The molecule has 0 aliphatic heterocycles. The first-order chi connectivity index (χ1) is 9.95. The van der Waals surface area contributed by atoms with Gasteiger partial charge in [-0.3, -0.25) is 0 Å². The summed E-state index contributed by atoms with van der Waals surface area (Å²) in [5.74, 6) is 0.907. The van der Waals surface area contributed by atoms with Gasteiger partial charge in [0.1, 0.15) is 17.3 Å². The van der Waals surface area contributed by atoms with Crippen LogP contribution in [0.3, 0.4) is 0 Å². The number of hydrogen-bond acceptors (Lipinski definition) is 2. The highest BCUT2D eigenvalue weighted by Gasteiger charge is 2.10. The molecule has 2 aromatic rings. The summed E-state index contributed by atoms with van der Waals surface area (Å²) >= 11 is 6.14. The van der Waals surface area contributed by atoms with E-state index in [9.17, 15) is 4.39 Å². The number of rotatable bonds is 5. The average Bonchev–Trinajstić information content (AvgIpc) is 2.43.